The van der Waals surface area contributed by atoms with E-state index in [0.717, 1.165) is 17.1 Å². The highest BCUT2D eigenvalue weighted by Gasteiger charge is 2.18. The summed E-state index contributed by atoms with van der Waals surface area (Å²) in [7, 11) is 0. The van der Waals surface area contributed by atoms with Gasteiger partial charge in [-0.3, -0.25) is 0 Å². The molecule has 0 spiro atoms. The number of rotatable bonds is 6. The fourth-order valence-electron chi connectivity index (χ4n) is 8.14. The zero-order valence-corrected chi connectivity index (χ0v) is 29.2. The van der Waals surface area contributed by atoms with Crippen LogP contribution in [-0.4, -0.2) is 0 Å². The van der Waals surface area contributed by atoms with Crippen molar-refractivity contribution in [3.8, 4) is 33.4 Å². The van der Waals surface area contributed by atoms with Crippen molar-refractivity contribution in [1.29, 1.82) is 0 Å². The summed E-state index contributed by atoms with van der Waals surface area (Å²) in [5.41, 5.74) is 10.5. The van der Waals surface area contributed by atoms with Gasteiger partial charge in [-0.25, -0.2) is 0 Å². The van der Waals surface area contributed by atoms with Crippen molar-refractivity contribution < 1.29 is 0 Å². The lowest BCUT2D eigenvalue weighted by atomic mass is 9.92. The van der Waals surface area contributed by atoms with E-state index in [2.05, 4.69) is 217 Å². The number of anilines is 3. The van der Waals surface area contributed by atoms with Crippen LogP contribution in [0.25, 0.3) is 76.5 Å². The fourth-order valence-corrected chi connectivity index (χ4v) is 8.14. The van der Waals surface area contributed by atoms with Gasteiger partial charge in [0.15, 0.2) is 0 Å². The monoisotopic (exact) mass is 673 g/mol. The highest BCUT2D eigenvalue weighted by atomic mass is 15.1. The smallest absolute Gasteiger partial charge is 0.0540 e. The van der Waals surface area contributed by atoms with Crippen LogP contribution in [0.1, 0.15) is 0 Å². The molecule has 0 amide bonds. The van der Waals surface area contributed by atoms with Crippen molar-refractivity contribution in [3.63, 3.8) is 0 Å². The summed E-state index contributed by atoms with van der Waals surface area (Å²) in [6.07, 6.45) is 0. The second kappa shape index (κ2) is 13.0. The van der Waals surface area contributed by atoms with E-state index in [-0.39, 0.29) is 0 Å². The van der Waals surface area contributed by atoms with Crippen LogP contribution in [0.5, 0.6) is 0 Å². The Morgan fingerprint density at radius 1 is 0.245 bits per heavy atom. The summed E-state index contributed by atoms with van der Waals surface area (Å²) < 4.78 is 0. The lowest BCUT2D eigenvalue weighted by molar-refractivity contribution is 1.28. The number of hydrogen-bond donors (Lipinski definition) is 0. The Labute approximate surface area is 309 Å². The van der Waals surface area contributed by atoms with Crippen LogP contribution in [-0.2, 0) is 0 Å². The minimum absolute atomic E-state index is 1.10. The maximum atomic E-state index is 2.40. The molecule has 0 fully saturated rings. The normalized spacial score (nSPS) is 11.4. The van der Waals surface area contributed by atoms with Crippen LogP contribution < -0.4 is 4.90 Å². The van der Waals surface area contributed by atoms with Gasteiger partial charge in [0.2, 0.25) is 0 Å². The lowest BCUT2D eigenvalue weighted by Crippen LogP contribution is -2.11. The first-order chi connectivity index (χ1) is 26.3. The molecular formula is C52H35N. The van der Waals surface area contributed by atoms with Gasteiger partial charge in [-0.2, -0.15) is 0 Å². The van der Waals surface area contributed by atoms with Crippen molar-refractivity contribution in [2.45, 2.75) is 0 Å². The maximum Gasteiger partial charge on any atom is 0.0540 e. The third-order valence-electron chi connectivity index (χ3n) is 10.6. The van der Waals surface area contributed by atoms with Crippen molar-refractivity contribution >= 4 is 60.2 Å². The quantitative estimate of drug-likeness (QED) is 0.159. The average Bonchev–Trinajstić information content (AvgIpc) is 3.24. The Bertz CT molecular complexity index is 2900. The molecule has 1 heteroatoms. The van der Waals surface area contributed by atoms with Gasteiger partial charge < -0.3 is 4.90 Å². The largest absolute Gasteiger partial charge is 0.310 e. The number of fused-ring (bicyclic) bond motifs is 7. The van der Waals surface area contributed by atoms with Crippen molar-refractivity contribution in [1.82, 2.24) is 0 Å². The summed E-state index contributed by atoms with van der Waals surface area (Å²) in [5, 5.41) is 10.2. The Kier molecular flexibility index (Phi) is 7.55. The molecule has 0 aliphatic heterocycles. The van der Waals surface area contributed by atoms with Gasteiger partial charge >= 0.3 is 0 Å². The molecule has 0 aliphatic carbocycles. The third kappa shape index (κ3) is 5.42. The summed E-state index contributed by atoms with van der Waals surface area (Å²) >= 11 is 0. The zero-order chi connectivity index (χ0) is 35.1. The van der Waals surface area contributed by atoms with E-state index in [1.165, 1.54) is 76.5 Å². The molecule has 10 rings (SSSR count). The number of hydrogen-bond acceptors (Lipinski definition) is 1. The van der Waals surface area contributed by atoms with Gasteiger partial charge in [0.25, 0.3) is 0 Å². The number of benzene rings is 10. The Hall–Kier alpha value is -6.96. The molecule has 53 heavy (non-hydrogen) atoms. The van der Waals surface area contributed by atoms with Gasteiger partial charge in [0, 0.05) is 16.9 Å². The van der Waals surface area contributed by atoms with E-state index in [0.29, 0.717) is 0 Å². The molecule has 0 aliphatic rings. The predicted molar refractivity (Wildman–Crippen MR) is 227 cm³/mol. The molecule has 10 aromatic rings. The molecule has 0 radical (unpaired) electrons. The molecule has 0 unspecified atom stereocenters. The van der Waals surface area contributed by atoms with Gasteiger partial charge in [0.05, 0.1) is 5.69 Å². The van der Waals surface area contributed by atoms with Crippen LogP contribution in [0.15, 0.2) is 212 Å². The van der Waals surface area contributed by atoms with Gasteiger partial charge in [-0.1, -0.05) is 176 Å². The molecule has 0 saturated heterocycles. The summed E-state index contributed by atoms with van der Waals surface area (Å²) in [4.78, 5) is 2.40. The van der Waals surface area contributed by atoms with E-state index >= 15 is 0 Å². The van der Waals surface area contributed by atoms with Crippen molar-refractivity contribution in [3.05, 3.63) is 212 Å². The van der Waals surface area contributed by atoms with Crippen LogP contribution in [0.4, 0.5) is 17.1 Å². The molecule has 0 atom stereocenters. The van der Waals surface area contributed by atoms with Crippen molar-refractivity contribution in [2.75, 3.05) is 4.90 Å². The van der Waals surface area contributed by atoms with E-state index in [1.807, 2.05) is 0 Å². The SMILES string of the molecule is c1ccc(-c2ccccc2N(c2ccc(-c3ccc4c5ccccc5c5ccccc5c4c3)cc2)c2cccc(-c3cccc4ccccc34)c2)cc1. The lowest BCUT2D eigenvalue weighted by Gasteiger charge is -2.28. The second-order valence-corrected chi connectivity index (χ2v) is 13.7. The fraction of sp³-hybridized carbons (Fsp3) is 0. The molecule has 0 aromatic heterocycles. The van der Waals surface area contributed by atoms with Crippen LogP contribution >= 0.6 is 0 Å². The maximum absolute atomic E-state index is 2.40. The summed E-state index contributed by atoms with van der Waals surface area (Å²) in [5.74, 6) is 0. The zero-order valence-electron chi connectivity index (χ0n) is 29.2. The third-order valence-corrected chi connectivity index (χ3v) is 10.6. The van der Waals surface area contributed by atoms with E-state index in [1.54, 1.807) is 0 Å². The molecule has 0 bridgehead atoms. The van der Waals surface area contributed by atoms with E-state index < -0.39 is 0 Å². The van der Waals surface area contributed by atoms with Gasteiger partial charge in [-0.05, 0) is 107 Å². The van der Waals surface area contributed by atoms with Crippen LogP contribution in [0.3, 0.4) is 0 Å². The van der Waals surface area contributed by atoms with Crippen LogP contribution in [0, 0.1) is 0 Å². The highest BCUT2D eigenvalue weighted by Crippen LogP contribution is 2.43. The minimum atomic E-state index is 1.10. The first-order valence-corrected chi connectivity index (χ1v) is 18.3. The van der Waals surface area contributed by atoms with Gasteiger partial charge in [-0.15, -0.1) is 0 Å². The topological polar surface area (TPSA) is 3.24 Å². The summed E-state index contributed by atoms with van der Waals surface area (Å²) in [6, 6.07) is 77.2. The Morgan fingerprint density at radius 2 is 0.774 bits per heavy atom. The second-order valence-electron chi connectivity index (χ2n) is 13.7. The predicted octanol–water partition coefficient (Wildman–Crippen LogP) is 14.8. The first kappa shape index (κ1) is 30.8. The van der Waals surface area contributed by atoms with Gasteiger partial charge in [0.1, 0.15) is 0 Å². The molecule has 0 heterocycles. The van der Waals surface area contributed by atoms with E-state index in [9.17, 15) is 0 Å². The number of nitrogens with zero attached hydrogens (tertiary/aromatic N) is 1. The molecule has 0 N–H and O–H groups in total. The molecule has 1 nitrogen and oxygen atoms in total. The molecule has 10 aromatic carbocycles. The molecular weight excluding hydrogens is 639 g/mol. The van der Waals surface area contributed by atoms with E-state index in [4.69, 9.17) is 0 Å². The Balaban J connectivity index is 1.12. The van der Waals surface area contributed by atoms with Crippen LogP contribution in [0.2, 0.25) is 0 Å². The molecule has 248 valence electrons. The molecule has 0 saturated carbocycles. The first-order valence-electron chi connectivity index (χ1n) is 18.3. The Morgan fingerprint density at radius 3 is 1.53 bits per heavy atom. The van der Waals surface area contributed by atoms with Crippen molar-refractivity contribution in [2.24, 2.45) is 0 Å². The average molecular weight is 674 g/mol. The standard InChI is InChI=1S/C52H35N/c1-2-14-38(15-3-1)45-21-10-11-27-52(45)53(42-19-12-18-40(34-42)44-26-13-17-37-16-4-5-20-43(37)44)41-31-28-36(29-32-41)39-30-33-50-48-24-7-6-22-46(48)47-23-8-9-25-49(47)51(50)35-39/h1-35H. The minimum Gasteiger partial charge on any atom is -0.310 e. The number of para-hydroxylation sites is 1. The highest BCUT2D eigenvalue weighted by molar-refractivity contribution is 6.25. The summed E-state index contributed by atoms with van der Waals surface area (Å²) in [6.45, 7) is 0.